The molecule has 3 aromatic rings. The molecule has 0 bridgehead atoms. The summed E-state index contributed by atoms with van der Waals surface area (Å²) >= 11 is 6.23. The molecule has 0 saturated heterocycles. The maximum absolute atomic E-state index is 13.7. The molecular formula is C23H20ClFN2O4S. The van der Waals surface area contributed by atoms with E-state index in [-0.39, 0.29) is 40.0 Å². The number of carbonyl (C=O) groups excluding carboxylic acids is 2. The fraction of sp³-hybridized carbons (Fsp3) is 0.130. The summed E-state index contributed by atoms with van der Waals surface area (Å²) in [5.41, 5.74) is 1.34. The molecule has 0 aliphatic carbocycles. The first kappa shape index (κ1) is 23.4. The lowest BCUT2D eigenvalue weighted by Crippen LogP contribution is -2.14. The molecule has 0 aliphatic rings. The zero-order chi connectivity index (χ0) is 23.3. The van der Waals surface area contributed by atoms with Crippen LogP contribution in [0.4, 0.5) is 15.8 Å². The number of nitrogens with one attached hydrogen (secondary N) is 2. The number of sulfone groups is 1. The summed E-state index contributed by atoms with van der Waals surface area (Å²) in [5, 5.41) is 5.49. The highest BCUT2D eigenvalue weighted by Crippen LogP contribution is 2.26. The summed E-state index contributed by atoms with van der Waals surface area (Å²) in [6.07, 6.45) is 1.41. The topological polar surface area (TPSA) is 92.3 Å². The standard InChI is InChI=1S/C23H20ClFN2O4S/c1-32(30,31)18-7-4-6-16(13-18)23(29)27-21-11-10-17(14-19(21)24)26-22(28)12-9-15-5-2-3-8-20(15)25/h2-8,10-11,13-14H,9,12H2,1H3,(H,26,28)(H,27,29). The summed E-state index contributed by atoms with van der Waals surface area (Å²) in [6, 6.07) is 16.5. The van der Waals surface area contributed by atoms with Gasteiger partial charge in [-0.2, -0.15) is 0 Å². The number of aryl methyl sites for hydroxylation is 1. The van der Waals surface area contributed by atoms with Crippen LogP contribution in [-0.4, -0.2) is 26.5 Å². The number of hydrogen-bond donors (Lipinski definition) is 2. The molecule has 0 unspecified atom stereocenters. The van der Waals surface area contributed by atoms with Crippen LogP contribution < -0.4 is 10.6 Å². The Labute approximate surface area is 190 Å². The molecule has 0 spiro atoms. The van der Waals surface area contributed by atoms with Gasteiger partial charge in [0.25, 0.3) is 5.91 Å². The second kappa shape index (κ2) is 9.93. The number of anilines is 2. The monoisotopic (exact) mass is 474 g/mol. The highest BCUT2D eigenvalue weighted by Gasteiger charge is 2.14. The van der Waals surface area contributed by atoms with Gasteiger partial charge in [0.2, 0.25) is 5.91 Å². The molecule has 32 heavy (non-hydrogen) atoms. The number of carbonyl (C=O) groups is 2. The van der Waals surface area contributed by atoms with Crippen LogP contribution in [-0.2, 0) is 21.1 Å². The summed E-state index contributed by atoms with van der Waals surface area (Å²) in [7, 11) is -3.45. The van der Waals surface area contributed by atoms with Gasteiger partial charge in [-0.1, -0.05) is 35.9 Å². The van der Waals surface area contributed by atoms with Crippen molar-refractivity contribution in [1.82, 2.24) is 0 Å². The average molecular weight is 475 g/mol. The van der Waals surface area contributed by atoms with Gasteiger partial charge in [-0.3, -0.25) is 9.59 Å². The fourth-order valence-corrected chi connectivity index (χ4v) is 3.82. The SMILES string of the molecule is CS(=O)(=O)c1cccc(C(=O)Nc2ccc(NC(=O)CCc3ccccc3F)cc2Cl)c1. The van der Waals surface area contributed by atoms with Gasteiger partial charge in [-0.15, -0.1) is 0 Å². The van der Waals surface area contributed by atoms with Crippen LogP contribution in [0.1, 0.15) is 22.3 Å². The molecule has 0 fully saturated rings. The van der Waals surface area contributed by atoms with Crippen molar-refractivity contribution in [1.29, 1.82) is 0 Å². The van der Waals surface area contributed by atoms with E-state index in [4.69, 9.17) is 11.6 Å². The number of halogens is 2. The molecule has 0 atom stereocenters. The summed E-state index contributed by atoms with van der Waals surface area (Å²) in [4.78, 5) is 24.7. The highest BCUT2D eigenvalue weighted by molar-refractivity contribution is 7.90. The van der Waals surface area contributed by atoms with Crippen molar-refractivity contribution in [2.75, 3.05) is 16.9 Å². The van der Waals surface area contributed by atoms with Gasteiger partial charge < -0.3 is 10.6 Å². The lowest BCUT2D eigenvalue weighted by molar-refractivity contribution is -0.116. The van der Waals surface area contributed by atoms with Crippen LogP contribution in [0, 0.1) is 5.82 Å². The molecule has 166 valence electrons. The largest absolute Gasteiger partial charge is 0.326 e. The van der Waals surface area contributed by atoms with Crippen LogP contribution in [0.25, 0.3) is 0 Å². The second-order valence-corrected chi connectivity index (χ2v) is 9.51. The zero-order valence-electron chi connectivity index (χ0n) is 17.1. The second-order valence-electron chi connectivity index (χ2n) is 7.09. The van der Waals surface area contributed by atoms with E-state index in [0.717, 1.165) is 6.26 Å². The number of amides is 2. The van der Waals surface area contributed by atoms with Crippen molar-refractivity contribution in [2.24, 2.45) is 0 Å². The van der Waals surface area contributed by atoms with E-state index in [1.54, 1.807) is 24.3 Å². The third-order valence-corrected chi connectivity index (χ3v) is 6.03. The molecule has 3 rings (SSSR count). The molecule has 3 aromatic carbocycles. The molecule has 9 heteroatoms. The number of hydrogen-bond acceptors (Lipinski definition) is 4. The van der Waals surface area contributed by atoms with Crippen molar-refractivity contribution in [3.8, 4) is 0 Å². The van der Waals surface area contributed by atoms with Crippen LogP contribution in [0.2, 0.25) is 5.02 Å². The molecule has 0 radical (unpaired) electrons. The van der Waals surface area contributed by atoms with E-state index in [9.17, 15) is 22.4 Å². The molecule has 0 aromatic heterocycles. The van der Waals surface area contributed by atoms with Crippen LogP contribution in [0.3, 0.4) is 0 Å². The van der Waals surface area contributed by atoms with Crippen LogP contribution in [0.5, 0.6) is 0 Å². The lowest BCUT2D eigenvalue weighted by atomic mass is 10.1. The molecule has 0 saturated carbocycles. The van der Waals surface area contributed by atoms with E-state index in [0.29, 0.717) is 16.9 Å². The summed E-state index contributed by atoms with van der Waals surface area (Å²) in [5.74, 6) is -1.19. The fourth-order valence-electron chi connectivity index (χ4n) is 2.93. The van der Waals surface area contributed by atoms with Crippen molar-refractivity contribution in [2.45, 2.75) is 17.7 Å². The minimum absolute atomic E-state index is 0.0321. The minimum Gasteiger partial charge on any atom is -0.326 e. The maximum Gasteiger partial charge on any atom is 0.255 e. The smallest absolute Gasteiger partial charge is 0.255 e. The zero-order valence-corrected chi connectivity index (χ0v) is 18.6. The third-order valence-electron chi connectivity index (χ3n) is 4.60. The first-order valence-corrected chi connectivity index (χ1v) is 11.8. The Morgan fingerprint density at radius 3 is 2.41 bits per heavy atom. The first-order valence-electron chi connectivity index (χ1n) is 9.58. The molecule has 0 aliphatic heterocycles. The Balaban J connectivity index is 1.63. The Hall–Kier alpha value is -3.23. The van der Waals surface area contributed by atoms with Gasteiger partial charge in [-0.25, -0.2) is 12.8 Å². The van der Waals surface area contributed by atoms with E-state index in [1.807, 2.05) is 0 Å². The van der Waals surface area contributed by atoms with Gasteiger partial charge in [0.15, 0.2) is 9.84 Å². The lowest BCUT2D eigenvalue weighted by Gasteiger charge is -2.11. The van der Waals surface area contributed by atoms with Crippen LogP contribution >= 0.6 is 11.6 Å². The first-order chi connectivity index (χ1) is 15.1. The van der Waals surface area contributed by atoms with Gasteiger partial charge in [0.05, 0.1) is 15.6 Å². The van der Waals surface area contributed by atoms with Crippen molar-refractivity contribution >= 4 is 44.6 Å². The molecule has 2 N–H and O–H groups in total. The predicted octanol–water partition coefficient (Wildman–Crippen LogP) is 4.71. The Morgan fingerprint density at radius 2 is 1.72 bits per heavy atom. The number of rotatable bonds is 7. The van der Waals surface area contributed by atoms with Gasteiger partial charge >= 0.3 is 0 Å². The Bertz CT molecular complexity index is 1280. The molecule has 0 heterocycles. The van der Waals surface area contributed by atoms with E-state index < -0.39 is 15.7 Å². The average Bonchev–Trinajstić information content (AvgIpc) is 2.74. The molecule has 2 amide bonds. The van der Waals surface area contributed by atoms with Crippen molar-refractivity contribution in [3.63, 3.8) is 0 Å². The molecular weight excluding hydrogens is 455 g/mol. The van der Waals surface area contributed by atoms with Gasteiger partial charge in [0.1, 0.15) is 5.82 Å². The van der Waals surface area contributed by atoms with E-state index >= 15 is 0 Å². The van der Waals surface area contributed by atoms with E-state index in [1.165, 1.54) is 42.5 Å². The predicted molar refractivity (Wildman–Crippen MR) is 122 cm³/mol. The summed E-state index contributed by atoms with van der Waals surface area (Å²) in [6.45, 7) is 0. The number of benzene rings is 3. The normalized spacial score (nSPS) is 11.1. The quantitative estimate of drug-likeness (QED) is 0.519. The van der Waals surface area contributed by atoms with Gasteiger partial charge in [0, 0.05) is 23.9 Å². The maximum atomic E-state index is 13.7. The summed E-state index contributed by atoms with van der Waals surface area (Å²) < 4.78 is 37.0. The Morgan fingerprint density at radius 1 is 0.969 bits per heavy atom. The Kier molecular flexibility index (Phi) is 7.27. The van der Waals surface area contributed by atoms with Crippen LogP contribution in [0.15, 0.2) is 71.6 Å². The van der Waals surface area contributed by atoms with Crippen molar-refractivity contribution in [3.05, 3.63) is 88.7 Å². The van der Waals surface area contributed by atoms with Gasteiger partial charge in [-0.05, 0) is 54.4 Å². The van der Waals surface area contributed by atoms with E-state index in [2.05, 4.69) is 10.6 Å². The van der Waals surface area contributed by atoms with Crippen molar-refractivity contribution < 1.29 is 22.4 Å². The molecule has 6 nitrogen and oxygen atoms in total. The highest BCUT2D eigenvalue weighted by atomic mass is 35.5. The third kappa shape index (κ3) is 6.15. The minimum atomic E-state index is -3.45.